The molecule has 1 saturated heterocycles. The summed E-state index contributed by atoms with van der Waals surface area (Å²) in [5, 5.41) is 11.3. The fourth-order valence-electron chi connectivity index (χ4n) is 2.82. The Morgan fingerprint density at radius 2 is 2.15 bits per heavy atom. The molecule has 2 atom stereocenters. The number of rotatable bonds is 5. The Labute approximate surface area is 119 Å². The van der Waals surface area contributed by atoms with E-state index in [0.717, 1.165) is 48.9 Å². The van der Waals surface area contributed by atoms with E-state index in [1.54, 1.807) is 0 Å². The Morgan fingerprint density at radius 1 is 1.25 bits per heavy atom. The van der Waals surface area contributed by atoms with E-state index in [2.05, 4.69) is 17.1 Å². The van der Waals surface area contributed by atoms with Gasteiger partial charge in [0, 0.05) is 24.1 Å². The third-order valence-electron chi connectivity index (χ3n) is 3.95. The highest BCUT2D eigenvalue weighted by Crippen LogP contribution is 2.19. The Morgan fingerprint density at radius 3 is 3.00 bits per heavy atom. The van der Waals surface area contributed by atoms with E-state index >= 15 is 0 Å². The molecule has 1 fully saturated rings. The van der Waals surface area contributed by atoms with Crippen molar-refractivity contribution in [2.75, 3.05) is 6.61 Å². The zero-order valence-electron chi connectivity index (χ0n) is 11.7. The van der Waals surface area contributed by atoms with E-state index in [4.69, 9.17) is 4.74 Å². The van der Waals surface area contributed by atoms with Gasteiger partial charge in [-0.2, -0.15) is 0 Å². The van der Waals surface area contributed by atoms with Crippen molar-refractivity contribution >= 4 is 10.9 Å². The summed E-state index contributed by atoms with van der Waals surface area (Å²) in [6.07, 6.45) is 4.70. The summed E-state index contributed by atoms with van der Waals surface area (Å²) in [7, 11) is 0. The zero-order valence-corrected chi connectivity index (χ0v) is 11.7. The van der Waals surface area contributed by atoms with E-state index in [9.17, 15) is 5.11 Å². The molecule has 0 radical (unpaired) electrons. The van der Waals surface area contributed by atoms with Crippen LogP contribution in [0.2, 0.25) is 0 Å². The molecule has 20 heavy (non-hydrogen) atoms. The van der Waals surface area contributed by atoms with Crippen LogP contribution in [0.3, 0.4) is 0 Å². The van der Waals surface area contributed by atoms with Gasteiger partial charge < -0.3 is 9.84 Å². The van der Waals surface area contributed by atoms with Crippen LogP contribution in [0.4, 0.5) is 0 Å². The fourth-order valence-corrected chi connectivity index (χ4v) is 2.82. The molecule has 1 aliphatic heterocycles. The van der Waals surface area contributed by atoms with Crippen molar-refractivity contribution in [3.63, 3.8) is 0 Å². The number of pyridine rings is 1. The van der Waals surface area contributed by atoms with Crippen LogP contribution in [0.5, 0.6) is 0 Å². The number of hydrogen-bond donors (Lipinski definition) is 1. The van der Waals surface area contributed by atoms with Gasteiger partial charge in [0.05, 0.1) is 17.7 Å². The van der Waals surface area contributed by atoms with Crippen LogP contribution in [0.15, 0.2) is 36.4 Å². The fraction of sp³-hybridized carbons (Fsp3) is 0.471. The van der Waals surface area contributed by atoms with Crippen molar-refractivity contribution in [2.24, 2.45) is 0 Å². The maximum Gasteiger partial charge on any atom is 0.0705 e. The van der Waals surface area contributed by atoms with Gasteiger partial charge in [0.25, 0.3) is 0 Å². The molecule has 0 spiro atoms. The summed E-state index contributed by atoms with van der Waals surface area (Å²) in [6, 6.07) is 12.2. The second-order valence-corrected chi connectivity index (χ2v) is 5.57. The monoisotopic (exact) mass is 271 g/mol. The van der Waals surface area contributed by atoms with Gasteiger partial charge in [-0.15, -0.1) is 0 Å². The molecule has 2 unspecified atom stereocenters. The predicted octanol–water partition coefficient (Wildman–Crippen LogP) is 3.10. The van der Waals surface area contributed by atoms with Gasteiger partial charge in [0.1, 0.15) is 0 Å². The first-order chi connectivity index (χ1) is 9.81. The first kappa shape index (κ1) is 13.5. The quantitative estimate of drug-likeness (QED) is 0.908. The molecule has 2 heterocycles. The van der Waals surface area contributed by atoms with E-state index in [0.29, 0.717) is 12.5 Å². The van der Waals surface area contributed by atoms with Crippen molar-refractivity contribution < 1.29 is 9.84 Å². The summed E-state index contributed by atoms with van der Waals surface area (Å²) in [5.74, 6) is 0. The van der Waals surface area contributed by atoms with Gasteiger partial charge in [-0.3, -0.25) is 4.98 Å². The molecule has 0 aliphatic carbocycles. The average Bonchev–Trinajstić information content (AvgIpc) is 2.98. The number of fused-ring (bicyclic) bond motifs is 1. The normalized spacial score (nSPS) is 20.4. The number of hydrogen-bond acceptors (Lipinski definition) is 3. The molecule has 0 amide bonds. The maximum atomic E-state index is 10.1. The lowest BCUT2D eigenvalue weighted by Gasteiger charge is -2.13. The first-order valence-electron chi connectivity index (χ1n) is 7.45. The summed E-state index contributed by atoms with van der Waals surface area (Å²) in [6.45, 7) is 0.882. The highest BCUT2D eigenvalue weighted by molar-refractivity contribution is 5.78. The second-order valence-electron chi connectivity index (χ2n) is 5.57. The molecule has 0 bridgehead atoms. The number of nitrogens with zero attached hydrogens (tertiary/aromatic N) is 1. The Kier molecular flexibility index (Phi) is 4.28. The van der Waals surface area contributed by atoms with Gasteiger partial charge in [0.2, 0.25) is 0 Å². The van der Waals surface area contributed by atoms with Crippen molar-refractivity contribution in [1.29, 1.82) is 0 Å². The molecule has 1 aromatic carbocycles. The van der Waals surface area contributed by atoms with Crippen LogP contribution in [0.1, 0.15) is 31.4 Å². The highest BCUT2D eigenvalue weighted by Gasteiger charge is 2.17. The largest absolute Gasteiger partial charge is 0.393 e. The van der Waals surface area contributed by atoms with Gasteiger partial charge in [-0.25, -0.2) is 0 Å². The number of aromatic nitrogens is 1. The Balaban J connectivity index is 1.57. The summed E-state index contributed by atoms with van der Waals surface area (Å²) in [5.41, 5.74) is 1.96. The average molecular weight is 271 g/mol. The number of ether oxygens (including phenoxy) is 1. The van der Waals surface area contributed by atoms with Crippen LogP contribution in [0, 0.1) is 0 Å². The SMILES string of the molecule is OC(CCC1CCCO1)Cc1ccc2ccccc2n1. The van der Waals surface area contributed by atoms with Crippen LogP contribution < -0.4 is 0 Å². The molecule has 0 saturated carbocycles. The molecule has 1 aliphatic rings. The minimum Gasteiger partial charge on any atom is -0.393 e. The van der Waals surface area contributed by atoms with E-state index in [1.165, 1.54) is 0 Å². The van der Waals surface area contributed by atoms with Gasteiger partial charge in [-0.1, -0.05) is 24.3 Å². The molecule has 3 nitrogen and oxygen atoms in total. The lowest BCUT2D eigenvalue weighted by molar-refractivity contribution is 0.0811. The topological polar surface area (TPSA) is 42.4 Å². The maximum absolute atomic E-state index is 10.1. The van der Waals surface area contributed by atoms with Crippen molar-refractivity contribution in [3.05, 3.63) is 42.1 Å². The molecule has 3 heteroatoms. The lowest BCUT2D eigenvalue weighted by atomic mass is 10.0. The number of aliphatic hydroxyl groups is 1. The summed E-state index contributed by atoms with van der Waals surface area (Å²) in [4.78, 5) is 4.60. The number of benzene rings is 1. The Hall–Kier alpha value is -1.45. The van der Waals surface area contributed by atoms with Crippen LogP contribution in [-0.2, 0) is 11.2 Å². The second kappa shape index (κ2) is 6.33. The molecular weight excluding hydrogens is 250 g/mol. The number of para-hydroxylation sites is 1. The van der Waals surface area contributed by atoms with Gasteiger partial charge in [-0.05, 0) is 37.8 Å². The molecular formula is C17H21NO2. The zero-order chi connectivity index (χ0) is 13.8. The Bertz CT molecular complexity index is 564. The van der Waals surface area contributed by atoms with E-state index in [-0.39, 0.29) is 6.10 Å². The summed E-state index contributed by atoms with van der Waals surface area (Å²) < 4.78 is 5.58. The van der Waals surface area contributed by atoms with E-state index < -0.39 is 0 Å². The standard InChI is InChI=1S/C17H21NO2/c19-15(9-10-16-5-3-11-20-16)12-14-8-7-13-4-1-2-6-17(13)18-14/h1-2,4,6-8,15-16,19H,3,5,9-12H2. The van der Waals surface area contributed by atoms with Crippen LogP contribution >= 0.6 is 0 Å². The van der Waals surface area contributed by atoms with Crippen molar-refractivity contribution in [3.8, 4) is 0 Å². The molecule has 2 aromatic rings. The van der Waals surface area contributed by atoms with Gasteiger partial charge >= 0.3 is 0 Å². The van der Waals surface area contributed by atoms with Gasteiger partial charge in [0.15, 0.2) is 0 Å². The third kappa shape index (κ3) is 3.35. The van der Waals surface area contributed by atoms with Crippen molar-refractivity contribution in [2.45, 2.75) is 44.3 Å². The van der Waals surface area contributed by atoms with Crippen LogP contribution in [-0.4, -0.2) is 28.9 Å². The van der Waals surface area contributed by atoms with Crippen molar-refractivity contribution in [1.82, 2.24) is 4.98 Å². The minimum absolute atomic E-state index is 0.326. The lowest BCUT2D eigenvalue weighted by Crippen LogP contribution is -2.15. The predicted molar refractivity (Wildman–Crippen MR) is 79.7 cm³/mol. The van der Waals surface area contributed by atoms with E-state index in [1.807, 2.05) is 24.3 Å². The first-order valence-corrected chi connectivity index (χ1v) is 7.45. The number of aliphatic hydroxyl groups excluding tert-OH is 1. The summed E-state index contributed by atoms with van der Waals surface area (Å²) >= 11 is 0. The molecule has 3 rings (SSSR count). The third-order valence-corrected chi connectivity index (χ3v) is 3.95. The highest BCUT2D eigenvalue weighted by atomic mass is 16.5. The molecule has 1 N–H and O–H groups in total. The smallest absolute Gasteiger partial charge is 0.0705 e. The molecule has 1 aromatic heterocycles. The molecule has 106 valence electrons. The van der Waals surface area contributed by atoms with Crippen LogP contribution in [0.25, 0.3) is 10.9 Å². The minimum atomic E-state index is -0.326.